The number of nitrogens with zero attached hydrogens (tertiary/aromatic N) is 6. The highest BCUT2D eigenvalue weighted by Crippen LogP contribution is 2.40. The van der Waals surface area contributed by atoms with Crippen molar-refractivity contribution in [1.29, 1.82) is 0 Å². The molecule has 2 aliphatic rings. The van der Waals surface area contributed by atoms with E-state index in [0.717, 1.165) is 22.1 Å². The molecule has 16 nitrogen and oxygen atoms in total. The summed E-state index contributed by atoms with van der Waals surface area (Å²) in [4.78, 5) is 59.8. The molecule has 2 aromatic rings. The van der Waals surface area contributed by atoms with Crippen molar-refractivity contribution < 1.29 is 38.9 Å². The van der Waals surface area contributed by atoms with E-state index in [-0.39, 0.29) is 29.0 Å². The smallest absolute Gasteiger partial charge is 0.350 e. The minimum Gasteiger partial charge on any atom is -0.543 e. The van der Waals surface area contributed by atoms with Crippen molar-refractivity contribution in [2.45, 2.75) is 43.8 Å². The summed E-state index contributed by atoms with van der Waals surface area (Å²) in [6.45, 7) is 3.11. The third-order valence-electron chi connectivity index (χ3n) is 6.27. The number of carbonyl (C=O) groups is 4. The Kier molecular flexibility index (Phi) is 8.13. The van der Waals surface area contributed by atoms with Crippen LogP contribution in [0.1, 0.15) is 25.4 Å². The van der Waals surface area contributed by atoms with Crippen molar-refractivity contribution in [3.05, 3.63) is 35.1 Å². The number of amides is 2. The number of hydrogen-bond acceptors (Lipinski definition) is 13. The van der Waals surface area contributed by atoms with Crippen LogP contribution in [0.4, 0.5) is 5.13 Å². The quantitative estimate of drug-likeness (QED) is 0.0879. The van der Waals surface area contributed by atoms with Gasteiger partial charge in [0.15, 0.2) is 17.9 Å². The van der Waals surface area contributed by atoms with Crippen LogP contribution in [-0.4, -0.2) is 82.8 Å². The number of hydrogen-bond donors (Lipinski definition) is 4. The first-order valence-corrected chi connectivity index (χ1v) is 13.7. The number of fused-ring (bicyclic) bond motifs is 1. The zero-order valence-electron chi connectivity index (χ0n) is 21.7. The highest BCUT2D eigenvalue weighted by atomic mass is 32.2. The van der Waals surface area contributed by atoms with Crippen LogP contribution in [0.25, 0.3) is 0 Å². The third kappa shape index (κ3) is 5.50. The van der Waals surface area contributed by atoms with Gasteiger partial charge in [-0.05, 0) is 20.4 Å². The summed E-state index contributed by atoms with van der Waals surface area (Å²) < 4.78 is 7.59. The number of carboxylic acid groups (broad SMARTS) is 2. The zero-order chi connectivity index (χ0) is 29.4. The summed E-state index contributed by atoms with van der Waals surface area (Å²) in [5.74, 6) is -4.42. The third-order valence-corrected chi connectivity index (χ3v) is 8.15. The normalized spacial score (nSPS) is 19.2. The van der Waals surface area contributed by atoms with Crippen molar-refractivity contribution in [2.75, 3.05) is 18.0 Å². The van der Waals surface area contributed by atoms with E-state index in [1.807, 2.05) is 22.5 Å². The van der Waals surface area contributed by atoms with Gasteiger partial charge in [0.1, 0.15) is 11.4 Å². The first kappa shape index (κ1) is 29.0. The second-order valence-electron chi connectivity index (χ2n) is 9.37. The van der Waals surface area contributed by atoms with Crippen LogP contribution in [0.3, 0.4) is 0 Å². The molecular formula is C22H27N9O7S2. The molecule has 40 heavy (non-hydrogen) atoms. The van der Waals surface area contributed by atoms with Crippen LogP contribution in [0.2, 0.25) is 0 Å². The molecule has 2 aliphatic heterocycles. The highest BCUT2D eigenvalue weighted by Gasteiger charge is 2.53. The fraction of sp³-hybridized carbons (Fsp3) is 0.455. The minimum atomic E-state index is -1.79. The predicted molar refractivity (Wildman–Crippen MR) is 139 cm³/mol. The van der Waals surface area contributed by atoms with Gasteiger partial charge in [0, 0.05) is 35.3 Å². The summed E-state index contributed by atoms with van der Waals surface area (Å²) >= 11 is 2.05. The lowest BCUT2D eigenvalue weighted by atomic mass is 10.0. The Labute approximate surface area is 235 Å². The number of aromatic nitrogens is 4. The molecule has 1 fully saturated rings. The van der Waals surface area contributed by atoms with Crippen LogP contribution >= 0.6 is 23.3 Å². The Morgan fingerprint density at radius 1 is 1.40 bits per heavy atom. The number of anilines is 1. The van der Waals surface area contributed by atoms with Crippen LogP contribution in [-0.2, 0) is 44.0 Å². The maximum Gasteiger partial charge on any atom is 0.350 e. The summed E-state index contributed by atoms with van der Waals surface area (Å²) in [7, 11) is 1.83. The first-order chi connectivity index (χ1) is 18.9. The van der Waals surface area contributed by atoms with Crippen LogP contribution in [0, 0.1) is 0 Å². The van der Waals surface area contributed by atoms with Gasteiger partial charge in [-0.3, -0.25) is 14.5 Å². The number of rotatable bonds is 11. The molecule has 6 N–H and O–H groups in total. The summed E-state index contributed by atoms with van der Waals surface area (Å²) in [6.07, 6.45) is 2.45. The zero-order valence-corrected chi connectivity index (χ0v) is 23.3. The molecule has 2 amide bonds. The number of β-lactam (4-membered cyclic amide) rings is 1. The molecule has 0 radical (unpaired) electrons. The van der Waals surface area contributed by atoms with Gasteiger partial charge in [0.25, 0.3) is 11.8 Å². The molecule has 2 aromatic heterocycles. The van der Waals surface area contributed by atoms with Gasteiger partial charge in [-0.1, -0.05) is 5.16 Å². The average molecular weight is 594 g/mol. The second-order valence-corrected chi connectivity index (χ2v) is 11.3. The fourth-order valence-electron chi connectivity index (χ4n) is 4.01. The van der Waals surface area contributed by atoms with Crippen molar-refractivity contribution in [3.8, 4) is 0 Å². The number of carboxylic acids is 2. The van der Waals surface area contributed by atoms with E-state index in [2.05, 4.69) is 19.8 Å². The van der Waals surface area contributed by atoms with E-state index in [9.17, 15) is 29.4 Å². The second kappa shape index (κ2) is 11.2. The molecule has 4 heterocycles. The van der Waals surface area contributed by atoms with E-state index in [1.54, 1.807) is 6.20 Å². The van der Waals surface area contributed by atoms with Crippen molar-refractivity contribution >= 4 is 57.9 Å². The molecule has 2 atom stereocenters. The first-order valence-electron chi connectivity index (χ1n) is 11.9. The largest absolute Gasteiger partial charge is 0.543 e. The summed E-state index contributed by atoms with van der Waals surface area (Å²) in [6, 6.07) is 0.775. The Hall–Kier alpha value is -4.03. The van der Waals surface area contributed by atoms with Gasteiger partial charge in [0.2, 0.25) is 17.1 Å². The molecule has 0 bridgehead atoms. The molecule has 0 aliphatic carbocycles. The standard InChI is InChI=1S/C22H27N9O7S2/c1-22(2,20(36)37)38-27-12(15-26-21(24)40-28-15)16(32)25-13-17(33)31-14(19(34)35)10(9-39-18(13)31)8-30-7-5-11(4-6-23)29(30)3/h5,7,13,18H,4,6,8-9,23H2,1-3H3,(H4-,24,25,26,28,32,34,35,36,37)/b27-12-/t13-,18-/m1/s1. The number of nitrogens with two attached hydrogens (primary N) is 2. The van der Waals surface area contributed by atoms with Gasteiger partial charge in [-0.25, -0.2) is 4.79 Å². The molecular weight excluding hydrogens is 566 g/mol. The van der Waals surface area contributed by atoms with E-state index in [4.69, 9.17) is 16.3 Å². The maximum absolute atomic E-state index is 13.2. The maximum atomic E-state index is 13.2. The SMILES string of the molecule is Cn1c(CCN)cc[n+]1CC1=C(C(=O)[O-])N2C(=O)[C@@H](NC(=O)/C(=N\OC(C)(C)C(=O)O)c3nsc(N)n3)[C@H]2SC1. The number of aliphatic carboxylic acids is 2. The number of oxime groups is 1. The Balaban J connectivity index is 1.55. The van der Waals surface area contributed by atoms with Gasteiger partial charge in [-0.2, -0.15) is 14.0 Å². The van der Waals surface area contributed by atoms with Gasteiger partial charge >= 0.3 is 5.97 Å². The monoisotopic (exact) mass is 593 g/mol. The topological polar surface area (TPSA) is 235 Å². The van der Waals surface area contributed by atoms with Crippen LogP contribution in [0.5, 0.6) is 0 Å². The molecule has 4 rings (SSSR count). The lowest BCUT2D eigenvalue weighted by molar-refractivity contribution is -0.767. The molecule has 18 heteroatoms. The van der Waals surface area contributed by atoms with Crippen LogP contribution in [0.15, 0.2) is 28.7 Å². The molecule has 0 spiro atoms. The summed E-state index contributed by atoms with van der Waals surface area (Å²) in [5, 5.41) is 26.9. The van der Waals surface area contributed by atoms with E-state index < -0.39 is 46.5 Å². The fourth-order valence-corrected chi connectivity index (χ4v) is 5.78. The van der Waals surface area contributed by atoms with E-state index >= 15 is 0 Å². The van der Waals surface area contributed by atoms with Crippen molar-refractivity contribution in [2.24, 2.45) is 17.9 Å². The number of thioether (sulfide) groups is 1. The molecule has 0 aromatic carbocycles. The average Bonchev–Trinajstić information content (AvgIpc) is 3.47. The lowest BCUT2D eigenvalue weighted by Crippen LogP contribution is -2.71. The van der Waals surface area contributed by atoms with Crippen molar-refractivity contribution in [1.82, 2.24) is 24.3 Å². The summed E-state index contributed by atoms with van der Waals surface area (Å²) in [5.41, 5.74) is 10.2. The van der Waals surface area contributed by atoms with Crippen LogP contribution < -0.4 is 26.6 Å². The molecule has 0 saturated carbocycles. The number of nitrogens with one attached hydrogen (secondary N) is 1. The van der Waals surface area contributed by atoms with E-state index in [1.165, 1.54) is 25.6 Å². The number of nitrogen functional groups attached to an aromatic ring is 1. The van der Waals surface area contributed by atoms with E-state index in [0.29, 0.717) is 18.5 Å². The molecule has 1 saturated heterocycles. The Bertz CT molecular complexity index is 1430. The predicted octanol–water partition coefficient (Wildman–Crippen LogP) is -3.06. The molecule has 214 valence electrons. The minimum absolute atomic E-state index is 0.0178. The highest BCUT2D eigenvalue weighted by molar-refractivity contribution is 8.00. The van der Waals surface area contributed by atoms with Gasteiger partial charge < -0.3 is 36.6 Å². The van der Waals surface area contributed by atoms with Gasteiger partial charge in [0.05, 0.1) is 24.4 Å². The van der Waals surface area contributed by atoms with Crippen molar-refractivity contribution in [3.63, 3.8) is 0 Å². The Morgan fingerprint density at radius 2 is 2.12 bits per heavy atom. The number of carbonyl (C=O) groups excluding carboxylic acids is 3. The lowest BCUT2D eigenvalue weighted by Gasteiger charge is -2.50. The molecule has 0 unspecified atom stereocenters. The van der Waals surface area contributed by atoms with Gasteiger partial charge in [-0.15, -0.1) is 16.4 Å². The Morgan fingerprint density at radius 3 is 2.73 bits per heavy atom.